The van der Waals surface area contributed by atoms with Crippen molar-refractivity contribution in [3.63, 3.8) is 0 Å². The van der Waals surface area contributed by atoms with Crippen LogP contribution in [0.25, 0.3) is 0 Å². The van der Waals surface area contributed by atoms with Gasteiger partial charge in [-0.3, -0.25) is 9.78 Å². The Kier molecular flexibility index (Phi) is 4.30. The molecule has 1 heterocycles. The predicted octanol–water partition coefficient (Wildman–Crippen LogP) is -0.0753. The monoisotopic (exact) mass is 211 g/mol. The number of aromatic amines is 1. The van der Waals surface area contributed by atoms with Crippen LogP contribution < -0.4 is 16.6 Å². The van der Waals surface area contributed by atoms with Crippen molar-refractivity contribution in [1.29, 1.82) is 0 Å². The summed E-state index contributed by atoms with van der Waals surface area (Å²) in [6.45, 7) is 5.64. The van der Waals surface area contributed by atoms with Crippen LogP contribution in [0.1, 0.15) is 20.3 Å². The van der Waals surface area contributed by atoms with Crippen molar-refractivity contribution in [2.24, 2.45) is 0 Å². The fourth-order valence-electron chi connectivity index (χ4n) is 1.26. The Balaban J connectivity index is 2.45. The van der Waals surface area contributed by atoms with Crippen LogP contribution in [0.3, 0.4) is 0 Å². The second-order valence-electron chi connectivity index (χ2n) is 3.77. The summed E-state index contributed by atoms with van der Waals surface area (Å²) in [5.74, 6) is 0. The highest BCUT2D eigenvalue weighted by Gasteiger charge is 1.96. The fourth-order valence-corrected chi connectivity index (χ4v) is 1.26. The molecule has 15 heavy (non-hydrogen) atoms. The standard InChI is InChI=1S/C10H17N3O2/c1-8(2)11-5-3-6-13-7-4-9(14)12-10(13)15/h4,7-8,11H,3,5-6H2,1-2H3,(H,12,14,15). The van der Waals surface area contributed by atoms with Crippen molar-refractivity contribution >= 4 is 0 Å². The van der Waals surface area contributed by atoms with Gasteiger partial charge in [0, 0.05) is 24.8 Å². The Hall–Kier alpha value is -1.36. The topological polar surface area (TPSA) is 66.9 Å². The Morgan fingerprint density at radius 3 is 2.80 bits per heavy atom. The third-order valence-electron chi connectivity index (χ3n) is 2.03. The average molecular weight is 211 g/mol. The summed E-state index contributed by atoms with van der Waals surface area (Å²) in [5, 5.41) is 3.26. The zero-order valence-corrected chi connectivity index (χ0v) is 9.12. The Morgan fingerprint density at radius 1 is 1.47 bits per heavy atom. The number of hydrogen-bond donors (Lipinski definition) is 2. The molecule has 0 spiro atoms. The van der Waals surface area contributed by atoms with Crippen LogP contribution in [0, 0.1) is 0 Å². The van der Waals surface area contributed by atoms with E-state index in [0.29, 0.717) is 12.6 Å². The van der Waals surface area contributed by atoms with Gasteiger partial charge in [-0.2, -0.15) is 0 Å². The normalized spacial score (nSPS) is 10.9. The van der Waals surface area contributed by atoms with Gasteiger partial charge in [-0.05, 0) is 13.0 Å². The lowest BCUT2D eigenvalue weighted by Gasteiger charge is -2.08. The van der Waals surface area contributed by atoms with E-state index >= 15 is 0 Å². The van der Waals surface area contributed by atoms with Crippen molar-refractivity contribution in [3.8, 4) is 0 Å². The van der Waals surface area contributed by atoms with Crippen molar-refractivity contribution < 1.29 is 0 Å². The molecule has 0 amide bonds. The summed E-state index contributed by atoms with van der Waals surface area (Å²) in [4.78, 5) is 24.3. The summed E-state index contributed by atoms with van der Waals surface area (Å²) in [6, 6.07) is 1.81. The van der Waals surface area contributed by atoms with Gasteiger partial charge in [0.05, 0.1) is 0 Å². The van der Waals surface area contributed by atoms with Gasteiger partial charge in [0.1, 0.15) is 0 Å². The van der Waals surface area contributed by atoms with E-state index in [-0.39, 0.29) is 11.2 Å². The molecule has 0 aliphatic rings. The Bertz CT molecular complexity index is 406. The number of aromatic nitrogens is 2. The lowest BCUT2D eigenvalue weighted by atomic mass is 10.3. The first kappa shape index (κ1) is 11.7. The fraction of sp³-hybridized carbons (Fsp3) is 0.600. The highest BCUT2D eigenvalue weighted by atomic mass is 16.2. The first-order valence-corrected chi connectivity index (χ1v) is 5.13. The average Bonchev–Trinajstić information content (AvgIpc) is 2.14. The SMILES string of the molecule is CC(C)NCCCn1ccc(=O)[nH]c1=O. The van der Waals surface area contributed by atoms with E-state index in [4.69, 9.17) is 0 Å². The molecular formula is C10H17N3O2. The van der Waals surface area contributed by atoms with Crippen molar-refractivity contribution in [1.82, 2.24) is 14.9 Å². The molecule has 0 atom stereocenters. The predicted molar refractivity (Wildman–Crippen MR) is 59.1 cm³/mol. The minimum atomic E-state index is -0.350. The summed E-state index contributed by atoms with van der Waals surface area (Å²) < 4.78 is 1.50. The number of hydrogen-bond acceptors (Lipinski definition) is 3. The lowest BCUT2D eigenvalue weighted by molar-refractivity contribution is 0.525. The molecule has 84 valence electrons. The van der Waals surface area contributed by atoms with E-state index in [2.05, 4.69) is 24.1 Å². The maximum absolute atomic E-state index is 11.3. The van der Waals surface area contributed by atoms with Gasteiger partial charge in [-0.15, -0.1) is 0 Å². The summed E-state index contributed by atoms with van der Waals surface area (Å²) in [7, 11) is 0. The molecule has 1 rings (SSSR count). The Morgan fingerprint density at radius 2 is 2.20 bits per heavy atom. The van der Waals surface area contributed by atoms with E-state index < -0.39 is 0 Å². The maximum Gasteiger partial charge on any atom is 0.328 e. The first-order chi connectivity index (χ1) is 7.09. The second-order valence-corrected chi connectivity index (χ2v) is 3.77. The Labute approximate surface area is 88.1 Å². The molecule has 0 saturated heterocycles. The second kappa shape index (κ2) is 5.50. The van der Waals surface area contributed by atoms with Gasteiger partial charge in [-0.1, -0.05) is 13.8 Å². The quantitative estimate of drug-likeness (QED) is 0.670. The van der Waals surface area contributed by atoms with E-state index in [1.807, 2.05) is 0 Å². The molecule has 0 aliphatic carbocycles. The minimum Gasteiger partial charge on any atom is -0.314 e. The number of aryl methyl sites for hydroxylation is 1. The molecule has 0 saturated carbocycles. The van der Waals surface area contributed by atoms with Crippen LogP contribution in [0.5, 0.6) is 0 Å². The molecule has 1 aromatic heterocycles. The van der Waals surface area contributed by atoms with Crippen LogP contribution in [0.4, 0.5) is 0 Å². The largest absolute Gasteiger partial charge is 0.328 e. The molecule has 0 aliphatic heterocycles. The van der Waals surface area contributed by atoms with Crippen molar-refractivity contribution in [2.45, 2.75) is 32.9 Å². The van der Waals surface area contributed by atoms with Gasteiger partial charge < -0.3 is 9.88 Å². The molecule has 5 nitrogen and oxygen atoms in total. The van der Waals surface area contributed by atoms with Crippen LogP contribution in [0.2, 0.25) is 0 Å². The molecule has 0 fully saturated rings. The number of H-pyrrole nitrogens is 1. The smallest absolute Gasteiger partial charge is 0.314 e. The molecule has 1 aromatic rings. The van der Waals surface area contributed by atoms with E-state index in [1.165, 1.54) is 16.8 Å². The number of rotatable bonds is 5. The third kappa shape index (κ3) is 4.12. The number of nitrogens with one attached hydrogen (secondary N) is 2. The van der Waals surface area contributed by atoms with Crippen LogP contribution in [0.15, 0.2) is 21.9 Å². The van der Waals surface area contributed by atoms with Gasteiger partial charge >= 0.3 is 5.69 Å². The molecule has 0 unspecified atom stereocenters. The third-order valence-corrected chi connectivity index (χ3v) is 2.03. The molecule has 2 N–H and O–H groups in total. The highest BCUT2D eigenvalue weighted by molar-refractivity contribution is 4.82. The zero-order chi connectivity index (χ0) is 11.3. The van der Waals surface area contributed by atoms with Gasteiger partial charge in [0.2, 0.25) is 0 Å². The van der Waals surface area contributed by atoms with E-state index in [1.54, 1.807) is 0 Å². The highest BCUT2D eigenvalue weighted by Crippen LogP contribution is 1.85. The molecule has 0 radical (unpaired) electrons. The summed E-state index contributed by atoms with van der Waals surface area (Å²) in [5.41, 5.74) is -0.691. The zero-order valence-electron chi connectivity index (χ0n) is 9.12. The van der Waals surface area contributed by atoms with Crippen molar-refractivity contribution in [3.05, 3.63) is 33.1 Å². The van der Waals surface area contributed by atoms with E-state index in [9.17, 15) is 9.59 Å². The first-order valence-electron chi connectivity index (χ1n) is 5.13. The summed E-state index contributed by atoms with van der Waals surface area (Å²) >= 11 is 0. The molecular weight excluding hydrogens is 194 g/mol. The molecule has 5 heteroatoms. The van der Waals surface area contributed by atoms with E-state index in [0.717, 1.165) is 13.0 Å². The summed E-state index contributed by atoms with van der Waals surface area (Å²) in [6.07, 6.45) is 2.39. The van der Waals surface area contributed by atoms with Crippen molar-refractivity contribution in [2.75, 3.05) is 6.54 Å². The minimum absolute atomic E-state index is 0.341. The lowest BCUT2D eigenvalue weighted by Crippen LogP contribution is -2.30. The van der Waals surface area contributed by atoms with Gasteiger partial charge in [-0.25, -0.2) is 4.79 Å². The number of nitrogens with zero attached hydrogens (tertiary/aromatic N) is 1. The molecule has 0 bridgehead atoms. The van der Waals surface area contributed by atoms with Crippen LogP contribution in [-0.2, 0) is 6.54 Å². The maximum atomic E-state index is 11.3. The van der Waals surface area contributed by atoms with Crippen LogP contribution in [-0.4, -0.2) is 22.1 Å². The van der Waals surface area contributed by atoms with Gasteiger partial charge in [0.15, 0.2) is 0 Å². The molecule has 0 aromatic carbocycles. The van der Waals surface area contributed by atoms with Gasteiger partial charge in [0.25, 0.3) is 5.56 Å². The van der Waals surface area contributed by atoms with Crippen LogP contribution >= 0.6 is 0 Å².